The van der Waals surface area contributed by atoms with Gasteiger partial charge in [-0.3, -0.25) is 0 Å². The molecular weight excluding hydrogens is 168 g/mol. The molecule has 0 spiro atoms. The minimum atomic E-state index is 0.140. The Morgan fingerprint density at radius 3 is 2.23 bits per heavy atom. The first-order valence-electron chi connectivity index (χ1n) is 4.70. The summed E-state index contributed by atoms with van der Waals surface area (Å²) >= 11 is 0. The molecular formula is C10H21O3. The Labute approximate surface area is 81.4 Å². The van der Waals surface area contributed by atoms with E-state index < -0.39 is 0 Å². The van der Waals surface area contributed by atoms with Crippen LogP contribution >= 0.6 is 0 Å². The van der Waals surface area contributed by atoms with Gasteiger partial charge in [0.15, 0.2) is 0 Å². The average molecular weight is 189 g/mol. The Hall–Kier alpha value is -0.120. The number of methoxy groups -OCH3 is 1. The molecule has 0 saturated heterocycles. The quantitative estimate of drug-likeness (QED) is 0.581. The zero-order valence-corrected chi connectivity index (χ0v) is 9.08. The molecule has 0 amide bonds. The summed E-state index contributed by atoms with van der Waals surface area (Å²) in [7, 11) is 1.67. The van der Waals surface area contributed by atoms with Crippen LogP contribution in [0.2, 0.25) is 0 Å². The van der Waals surface area contributed by atoms with Crippen LogP contribution in [0.5, 0.6) is 0 Å². The van der Waals surface area contributed by atoms with Crippen LogP contribution in [0.15, 0.2) is 0 Å². The zero-order valence-electron chi connectivity index (χ0n) is 9.08. The Morgan fingerprint density at radius 1 is 1.08 bits per heavy atom. The van der Waals surface area contributed by atoms with Crippen LogP contribution in [-0.4, -0.2) is 39.1 Å². The molecule has 0 bridgehead atoms. The van der Waals surface area contributed by atoms with Crippen molar-refractivity contribution in [2.45, 2.75) is 33.0 Å². The first-order valence-corrected chi connectivity index (χ1v) is 4.70. The van der Waals surface area contributed by atoms with Crippen molar-refractivity contribution >= 4 is 0 Å². The molecule has 0 aliphatic heterocycles. The molecule has 1 radical (unpaired) electrons. The smallest absolute Gasteiger partial charge is 0.0781 e. The van der Waals surface area contributed by atoms with Crippen molar-refractivity contribution < 1.29 is 14.2 Å². The monoisotopic (exact) mass is 189 g/mol. The number of hydrogen-bond acceptors (Lipinski definition) is 3. The normalized spacial score (nSPS) is 15.7. The molecule has 2 unspecified atom stereocenters. The maximum Gasteiger partial charge on any atom is 0.0781 e. The molecule has 0 heterocycles. The molecule has 0 aliphatic rings. The van der Waals surface area contributed by atoms with Gasteiger partial charge in [0.1, 0.15) is 0 Å². The highest BCUT2D eigenvalue weighted by Crippen LogP contribution is 1.97. The third-order valence-electron chi connectivity index (χ3n) is 1.56. The molecule has 3 nitrogen and oxygen atoms in total. The van der Waals surface area contributed by atoms with Gasteiger partial charge < -0.3 is 14.2 Å². The van der Waals surface area contributed by atoms with Gasteiger partial charge >= 0.3 is 0 Å². The van der Waals surface area contributed by atoms with Gasteiger partial charge in [0.2, 0.25) is 0 Å². The molecule has 0 aromatic carbocycles. The average Bonchev–Trinajstić information content (AvgIpc) is 2.12. The summed E-state index contributed by atoms with van der Waals surface area (Å²) in [5.41, 5.74) is 0. The molecule has 13 heavy (non-hydrogen) atoms. The van der Waals surface area contributed by atoms with Gasteiger partial charge in [-0.25, -0.2) is 0 Å². The summed E-state index contributed by atoms with van der Waals surface area (Å²) in [5, 5.41) is 0. The van der Waals surface area contributed by atoms with Crippen molar-refractivity contribution in [3.8, 4) is 0 Å². The third-order valence-corrected chi connectivity index (χ3v) is 1.56. The Morgan fingerprint density at radius 2 is 1.69 bits per heavy atom. The van der Waals surface area contributed by atoms with Gasteiger partial charge in [-0.05, 0) is 20.3 Å². The van der Waals surface area contributed by atoms with Crippen LogP contribution < -0.4 is 0 Å². The molecule has 0 aromatic rings. The highest BCUT2D eigenvalue weighted by molar-refractivity contribution is 4.56. The Kier molecular flexibility index (Phi) is 8.40. The molecule has 79 valence electrons. The molecule has 0 saturated carbocycles. The van der Waals surface area contributed by atoms with Gasteiger partial charge in [0.25, 0.3) is 0 Å². The van der Waals surface area contributed by atoms with Crippen molar-refractivity contribution in [3.05, 3.63) is 6.42 Å². The third kappa shape index (κ3) is 8.22. The predicted octanol–water partition coefficient (Wildman–Crippen LogP) is 1.67. The minimum absolute atomic E-state index is 0.140. The lowest BCUT2D eigenvalue weighted by molar-refractivity contribution is -0.0468. The molecule has 0 aliphatic carbocycles. The second kappa shape index (κ2) is 8.48. The maximum atomic E-state index is 5.48. The summed E-state index contributed by atoms with van der Waals surface area (Å²) in [4.78, 5) is 0. The van der Waals surface area contributed by atoms with Gasteiger partial charge in [0.05, 0.1) is 25.4 Å². The van der Waals surface area contributed by atoms with E-state index in [0.29, 0.717) is 19.8 Å². The van der Waals surface area contributed by atoms with Crippen molar-refractivity contribution in [3.63, 3.8) is 0 Å². The van der Waals surface area contributed by atoms with Crippen LogP contribution in [-0.2, 0) is 14.2 Å². The second-order valence-electron chi connectivity index (χ2n) is 3.15. The lowest BCUT2D eigenvalue weighted by Gasteiger charge is -2.16. The van der Waals surface area contributed by atoms with Crippen LogP contribution in [0.25, 0.3) is 0 Å². The fraction of sp³-hybridized carbons (Fsp3) is 0.900. The number of ether oxygens (including phenoxy) is 3. The van der Waals surface area contributed by atoms with Crippen LogP contribution in [0, 0.1) is 6.42 Å². The van der Waals surface area contributed by atoms with Gasteiger partial charge in [0, 0.05) is 13.7 Å². The molecule has 0 N–H and O–H groups in total. The van der Waals surface area contributed by atoms with Gasteiger partial charge in [-0.1, -0.05) is 6.92 Å². The first kappa shape index (κ1) is 12.9. The Bertz CT molecular complexity index is 106. The van der Waals surface area contributed by atoms with Crippen LogP contribution in [0.3, 0.4) is 0 Å². The van der Waals surface area contributed by atoms with E-state index in [1.54, 1.807) is 7.11 Å². The lowest BCUT2D eigenvalue weighted by atomic mass is 10.4. The fourth-order valence-corrected chi connectivity index (χ4v) is 0.891. The van der Waals surface area contributed by atoms with Crippen molar-refractivity contribution in [2.24, 2.45) is 0 Å². The molecule has 3 heteroatoms. The zero-order chi connectivity index (χ0) is 10.1. The van der Waals surface area contributed by atoms with Crippen molar-refractivity contribution in [1.82, 2.24) is 0 Å². The molecule has 2 atom stereocenters. The van der Waals surface area contributed by atoms with E-state index in [9.17, 15) is 0 Å². The summed E-state index contributed by atoms with van der Waals surface area (Å²) in [5.74, 6) is 0. The summed E-state index contributed by atoms with van der Waals surface area (Å²) in [6.45, 7) is 7.90. The topological polar surface area (TPSA) is 27.7 Å². The summed E-state index contributed by atoms with van der Waals surface area (Å²) < 4.78 is 15.8. The standard InChI is InChI=1S/C10H21O3/c1-5-6-12-10(3)8-13-9(2)7-11-4/h5,9-10H,6-8H2,1-4H3. The first-order chi connectivity index (χ1) is 6.20. The summed E-state index contributed by atoms with van der Waals surface area (Å²) in [6, 6.07) is 0. The summed E-state index contributed by atoms with van der Waals surface area (Å²) in [6.07, 6.45) is 2.27. The van der Waals surface area contributed by atoms with Crippen LogP contribution in [0.4, 0.5) is 0 Å². The number of hydrogen-bond donors (Lipinski definition) is 0. The highest BCUT2D eigenvalue weighted by atomic mass is 16.6. The molecule has 0 aromatic heterocycles. The van der Waals surface area contributed by atoms with E-state index in [2.05, 4.69) is 0 Å². The minimum Gasteiger partial charge on any atom is -0.382 e. The Balaban J connectivity index is 3.29. The van der Waals surface area contributed by atoms with Crippen molar-refractivity contribution in [1.29, 1.82) is 0 Å². The maximum absolute atomic E-state index is 5.48. The molecule has 0 fully saturated rings. The molecule has 0 rings (SSSR count). The van der Waals surface area contributed by atoms with Gasteiger partial charge in [-0.15, -0.1) is 0 Å². The van der Waals surface area contributed by atoms with E-state index in [4.69, 9.17) is 14.2 Å². The van der Waals surface area contributed by atoms with Crippen molar-refractivity contribution in [2.75, 3.05) is 26.9 Å². The van der Waals surface area contributed by atoms with E-state index in [1.165, 1.54) is 0 Å². The van der Waals surface area contributed by atoms with Crippen LogP contribution in [0.1, 0.15) is 20.8 Å². The fourth-order valence-electron chi connectivity index (χ4n) is 0.891. The van der Waals surface area contributed by atoms with E-state index in [1.807, 2.05) is 27.2 Å². The second-order valence-corrected chi connectivity index (χ2v) is 3.15. The van der Waals surface area contributed by atoms with Gasteiger partial charge in [-0.2, -0.15) is 0 Å². The highest BCUT2D eigenvalue weighted by Gasteiger charge is 2.05. The van der Waals surface area contributed by atoms with E-state index in [-0.39, 0.29) is 12.2 Å². The van der Waals surface area contributed by atoms with E-state index in [0.717, 1.165) is 0 Å². The lowest BCUT2D eigenvalue weighted by Crippen LogP contribution is -2.23. The largest absolute Gasteiger partial charge is 0.382 e. The SMILES string of the molecule is C[CH]COC(C)COC(C)COC. The predicted molar refractivity (Wildman–Crippen MR) is 52.7 cm³/mol. The number of rotatable bonds is 8. The van der Waals surface area contributed by atoms with E-state index >= 15 is 0 Å².